The molecule has 2 atom stereocenters. The molecule has 0 spiro atoms. The molecule has 1 aliphatic heterocycles. The number of amides is 4. The van der Waals surface area contributed by atoms with E-state index in [1.807, 2.05) is 45.0 Å². The molecule has 0 bridgehead atoms. The molecule has 7 heteroatoms. The molecule has 4 amide bonds. The van der Waals surface area contributed by atoms with E-state index in [1.165, 1.54) is 4.90 Å². The Balaban J connectivity index is 1.68. The maximum atomic E-state index is 13.3. The summed E-state index contributed by atoms with van der Waals surface area (Å²) in [5.41, 5.74) is 2.81. The van der Waals surface area contributed by atoms with Crippen molar-refractivity contribution in [3.63, 3.8) is 0 Å². The third kappa shape index (κ3) is 5.53. The van der Waals surface area contributed by atoms with Gasteiger partial charge in [0.15, 0.2) is 0 Å². The first-order chi connectivity index (χ1) is 16.2. The lowest BCUT2D eigenvalue weighted by atomic mass is 10.1. The predicted molar refractivity (Wildman–Crippen MR) is 130 cm³/mol. The number of benzene rings is 2. The lowest BCUT2D eigenvalue weighted by molar-refractivity contribution is -0.141. The Kier molecular flexibility index (Phi) is 8.21. The van der Waals surface area contributed by atoms with E-state index in [1.54, 1.807) is 36.1 Å². The van der Waals surface area contributed by atoms with Gasteiger partial charge in [-0.2, -0.15) is 0 Å². The van der Waals surface area contributed by atoms with Gasteiger partial charge in [0.1, 0.15) is 6.04 Å². The van der Waals surface area contributed by atoms with E-state index >= 15 is 0 Å². The lowest BCUT2D eigenvalue weighted by Crippen LogP contribution is -2.49. The molecule has 3 rings (SSSR count). The molecule has 0 saturated heterocycles. The summed E-state index contributed by atoms with van der Waals surface area (Å²) in [4.78, 5) is 54.0. The van der Waals surface area contributed by atoms with Gasteiger partial charge in [0, 0.05) is 25.6 Å². The maximum Gasteiger partial charge on any atom is 0.261 e. The second-order valence-electron chi connectivity index (χ2n) is 8.85. The zero-order valence-corrected chi connectivity index (χ0v) is 20.3. The highest BCUT2D eigenvalue weighted by atomic mass is 16.2. The van der Waals surface area contributed by atoms with Crippen LogP contribution in [0.25, 0.3) is 0 Å². The van der Waals surface area contributed by atoms with E-state index in [-0.39, 0.29) is 42.6 Å². The van der Waals surface area contributed by atoms with E-state index in [9.17, 15) is 19.2 Å². The summed E-state index contributed by atoms with van der Waals surface area (Å²) < 4.78 is 0. The van der Waals surface area contributed by atoms with Gasteiger partial charge in [-0.25, -0.2) is 0 Å². The highest BCUT2D eigenvalue weighted by Gasteiger charge is 2.35. The molecule has 0 radical (unpaired) electrons. The van der Waals surface area contributed by atoms with E-state index in [0.29, 0.717) is 24.1 Å². The molecule has 1 aliphatic rings. The van der Waals surface area contributed by atoms with Crippen molar-refractivity contribution in [3.05, 3.63) is 70.8 Å². The van der Waals surface area contributed by atoms with Crippen LogP contribution < -0.4 is 5.32 Å². The minimum atomic E-state index is -0.652. The van der Waals surface area contributed by atoms with E-state index in [4.69, 9.17) is 0 Å². The molecule has 0 aliphatic carbocycles. The zero-order chi connectivity index (χ0) is 24.8. The van der Waals surface area contributed by atoms with Crippen molar-refractivity contribution in [1.82, 2.24) is 15.1 Å². The van der Waals surface area contributed by atoms with Gasteiger partial charge in [-0.1, -0.05) is 43.3 Å². The summed E-state index contributed by atoms with van der Waals surface area (Å²) in [6.07, 6.45) is 1.25. The van der Waals surface area contributed by atoms with Crippen molar-refractivity contribution in [2.75, 3.05) is 6.54 Å². The van der Waals surface area contributed by atoms with Crippen LogP contribution in [0.15, 0.2) is 48.5 Å². The zero-order valence-electron chi connectivity index (χ0n) is 20.3. The van der Waals surface area contributed by atoms with Gasteiger partial charge >= 0.3 is 0 Å². The second kappa shape index (κ2) is 11.1. The highest BCUT2D eigenvalue weighted by Crippen LogP contribution is 2.23. The molecule has 0 saturated carbocycles. The molecule has 2 aromatic carbocycles. The average Bonchev–Trinajstić information content (AvgIpc) is 3.07. The number of hydrogen-bond acceptors (Lipinski definition) is 4. The third-order valence-corrected chi connectivity index (χ3v) is 6.42. The molecular weight excluding hydrogens is 430 g/mol. The van der Waals surface area contributed by atoms with Crippen molar-refractivity contribution in [3.8, 4) is 0 Å². The van der Waals surface area contributed by atoms with E-state index in [2.05, 4.69) is 5.32 Å². The summed E-state index contributed by atoms with van der Waals surface area (Å²) >= 11 is 0. The third-order valence-electron chi connectivity index (χ3n) is 6.42. The largest absolute Gasteiger partial charge is 0.352 e. The summed E-state index contributed by atoms with van der Waals surface area (Å²) in [7, 11) is 0. The lowest BCUT2D eigenvalue weighted by Gasteiger charge is -2.30. The number of fused-ring (bicyclic) bond motifs is 1. The van der Waals surface area contributed by atoms with Crippen LogP contribution >= 0.6 is 0 Å². The Hall–Kier alpha value is -3.48. The molecule has 2 aromatic rings. The van der Waals surface area contributed by atoms with Crippen LogP contribution in [0.2, 0.25) is 0 Å². The molecule has 1 N–H and O–H groups in total. The van der Waals surface area contributed by atoms with Crippen molar-refractivity contribution >= 4 is 23.6 Å². The first-order valence-electron chi connectivity index (χ1n) is 11.8. The van der Waals surface area contributed by atoms with Crippen LogP contribution in [-0.2, 0) is 16.1 Å². The molecule has 1 heterocycles. The fourth-order valence-corrected chi connectivity index (χ4v) is 3.99. The molecule has 180 valence electrons. The fourth-order valence-electron chi connectivity index (χ4n) is 3.99. The number of nitrogens with one attached hydrogen (secondary N) is 1. The van der Waals surface area contributed by atoms with Gasteiger partial charge in [-0.15, -0.1) is 0 Å². The van der Waals surface area contributed by atoms with Crippen LogP contribution in [0.4, 0.5) is 0 Å². The Labute approximate surface area is 201 Å². The van der Waals surface area contributed by atoms with Crippen LogP contribution in [-0.4, -0.2) is 52.1 Å². The number of hydrogen-bond donors (Lipinski definition) is 1. The second-order valence-corrected chi connectivity index (χ2v) is 8.85. The molecule has 34 heavy (non-hydrogen) atoms. The summed E-state index contributed by atoms with van der Waals surface area (Å²) in [5, 5.41) is 2.96. The monoisotopic (exact) mass is 463 g/mol. The topological polar surface area (TPSA) is 86.8 Å². The predicted octanol–water partition coefficient (Wildman–Crippen LogP) is 3.70. The average molecular weight is 464 g/mol. The molecule has 7 nitrogen and oxygen atoms in total. The molecule has 0 aromatic heterocycles. The Morgan fingerprint density at radius 1 is 0.971 bits per heavy atom. The molecule has 0 unspecified atom stereocenters. The number of carbonyl (C=O) groups excluding carboxylic acids is 4. The van der Waals surface area contributed by atoms with Gasteiger partial charge < -0.3 is 10.2 Å². The molecule has 0 fully saturated rings. The van der Waals surface area contributed by atoms with E-state index in [0.717, 1.165) is 17.5 Å². The van der Waals surface area contributed by atoms with Crippen LogP contribution in [0.3, 0.4) is 0 Å². The standard InChI is InChI=1S/C27H33N3O4/c1-5-19(3)28-25(32)20(4)30(17-21-12-7-6-11-18(21)2)24(31)15-10-16-29-26(33)22-13-8-9-14-23(22)27(29)34/h6-9,11-14,19-20H,5,10,15-17H2,1-4H3,(H,28,32)/t19-,20+/m1/s1. The summed E-state index contributed by atoms with van der Waals surface area (Å²) in [5.74, 6) is -1.04. The van der Waals surface area contributed by atoms with Crippen LogP contribution in [0, 0.1) is 6.92 Å². The van der Waals surface area contributed by atoms with Crippen molar-refractivity contribution in [2.24, 2.45) is 0 Å². The minimum Gasteiger partial charge on any atom is -0.352 e. The number of rotatable bonds is 10. The van der Waals surface area contributed by atoms with Crippen LogP contribution in [0.5, 0.6) is 0 Å². The van der Waals surface area contributed by atoms with Gasteiger partial charge in [0.2, 0.25) is 11.8 Å². The first kappa shape index (κ1) is 25.1. The summed E-state index contributed by atoms with van der Waals surface area (Å²) in [6, 6.07) is 13.9. The quantitative estimate of drug-likeness (QED) is 0.545. The Morgan fingerprint density at radius 3 is 2.15 bits per heavy atom. The highest BCUT2D eigenvalue weighted by molar-refractivity contribution is 6.21. The SMILES string of the molecule is CC[C@@H](C)NC(=O)[C@H](C)N(Cc1ccccc1C)C(=O)CCCN1C(=O)c2ccccc2C1=O. The van der Waals surface area contributed by atoms with Gasteiger partial charge in [0.05, 0.1) is 11.1 Å². The number of aryl methyl sites for hydroxylation is 1. The van der Waals surface area contributed by atoms with Crippen molar-refractivity contribution in [1.29, 1.82) is 0 Å². The Morgan fingerprint density at radius 2 is 1.56 bits per heavy atom. The minimum absolute atomic E-state index is 0.0131. The van der Waals surface area contributed by atoms with E-state index < -0.39 is 6.04 Å². The van der Waals surface area contributed by atoms with Crippen molar-refractivity contribution in [2.45, 2.75) is 65.6 Å². The van der Waals surface area contributed by atoms with Crippen LogP contribution in [0.1, 0.15) is 71.9 Å². The normalized spacial score (nSPS) is 14.5. The first-order valence-corrected chi connectivity index (χ1v) is 11.8. The smallest absolute Gasteiger partial charge is 0.261 e. The molecular formula is C27H33N3O4. The summed E-state index contributed by atoms with van der Waals surface area (Å²) in [6.45, 7) is 8.10. The van der Waals surface area contributed by atoms with Gasteiger partial charge in [-0.05, 0) is 56.9 Å². The van der Waals surface area contributed by atoms with Gasteiger partial charge in [-0.3, -0.25) is 24.1 Å². The maximum absolute atomic E-state index is 13.3. The number of nitrogens with zero attached hydrogens (tertiary/aromatic N) is 2. The Bertz CT molecular complexity index is 1050. The fraction of sp³-hybridized carbons (Fsp3) is 0.407. The van der Waals surface area contributed by atoms with Gasteiger partial charge in [0.25, 0.3) is 11.8 Å². The number of imide groups is 1. The number of carbonyl (C=O) groups is 4. The van der Waals surface area contributed by atoms with Crippen molar-refractivity contribution < 1.29 is 19.2 Å².